The molecule has 0 aliphatic carbocycles. The SMILES string of the molecule is N#Cc1ccc(Nc2ccc(F)cc2CC(=O)O)cc1. The van der Waals surface area contributed by atoms with Crippen molar-refractivity contribution in [3.8, 4) is 6.07 Å². The van der Waals surface area contributed by atoms with Crippen LogP contribution >= 0.6 is 0 Å². The van der Waals surface area contributed by atoms with Crippen LogP contribution in [0.1, 0.15) is 11.1 Å². The summed E-state index contributed by atoms with van der Waals surface area (Å²) in [5.41, 5.74) is 2.11. The zero-order chi connectivity index (χ0) is 14.5. The summed E-state index contributed by atoms with van der Waals surface area (Å²) in [4.78, 5) is 10.8. The molecule has 0 unspecified atom stereocenters. The molecule has 2 N–H and O–H groups in total. The van der Waals surface area contributed by atoms with Crippen molar-refractivity contribution in [1.82, 2.24) is 0 Å². The normalized spacial score (nSPS) is 9.80. The number of hydrogen-bond acceptors (Lipinski definition) is 3. The fraction of sp³-hybridized carbons (Fsp3) is 0.0667. The van der Waals surface area contributed by atoms with Crippen LogP contribution in [0, 0.1) is 17.1 Å². The number of rotatable bonds is 4. The Labute approximate surface area is 115 Å². The van der Waals surface area contributed by atoms with Gasteiger partial charge < -0.3 is 10.4 Å². The largest absolute Gasteiger partial charge is 0.481 e. The van der Waals surface area contributed by atoms with E-state index in [-0.39, 0.29) is 6.42 Å². The number of nitrogens with zero attached hydrogens (tertiary/aromatic N) is 1. The molecule has 0 heterocycles. The second-order valence-corrected chi connectivity index (χ2v) is 4.19. The van der Waals surface area contributed by atoms with Crippen LogP contribution in [0.3, 0.4) is 0 Å². The van der Waals surface area contributed by atoms with Crippen LogP contribution in [0.5, 0.6) is 0 Å². The molecule has 5 heteroatoms. The molecule has 0 saturated heterocycles. The van der Waals surface area contributed by atoms with Crippen LogP contribution in [0.15, 0.2) is 42.5 Å². The van der Waals surface area contributed by atoms with Crippen LogP contribution in [0.2, 0.25) is 0 Å². The predicted octanol–water partition coefficient (Wildman–Crippen LogP) is 3.07. The maximum atomic E-state index is 13.2. The van der Waals surface area contributed by atoms with Gasteiger partial charge >= 0.3 is 5.97 Å². The standard InChI is InChI=1S/C15H11FN2O2/c16-12-3-6-14(11(7-12)8-15(19)20)18-13-4-1-10(9-17)2-5-13/h1-7,18H,8H2,(H,19,20). The number of halogens is 1. The second kappa shape index (κ2) is 5.85. The van der Waals surface area contributed by atoms with Crippen molar-refractivity contribution in [2.24, 2.45) is 0 Å². The molecule has 100 valence electrons. The van der Waals surface area contributed by atoms with Crippen molar-refractivity contribution >= 4 is 17.3 Å². The molecule has 2 rings (SSSR count). The maximum absolute atomic E-state index is 13.2. The quantitative estimate of drug-likeness (QED) is 0.895. The lowest BCUT2D eigenvalue weighted by Crippen LogP contribution is -2.04. The van der Waals surface area contributed by atoms with E-state index in [9.17, 15) is 9.18 Å². The number of anilines is 2. The Bertz CT molecular complexity index is 675. The molecular weight excluding hydrogens is 259 g/mol. The average Bonchev–Trinajstić information content (AvgIpc) is 2.42. The Morgan fingerprint density at radius 2 is 1.95 bits per heavy atom. The predicted molar refractivity (Wildman–Crippen MR) is 72.2 cm³/mol. The Morgan fingerprint density at radius 3 is 2.55 bits per heavy atom. The summed E-state index contributed by atoms with van der Waals surface area (Å²) >= 11 is 0. The van der Waals surface area contributed by atoms with Gasteiger partial charge in [0.05, 0.1) is 18.1 Å². The maximum Gasteiger partial charge on any atom is 0.307 e. The zero-order valence-corrected chi connectivity index (χ0v) is 10.4. The van der Waals surface area contributed by atoms with Gasteiger partial charge in [-0.2, -0.15) is 5.26 Å². The third-order valence-electron chi connectivity index (χ3n) is 2.70. The number of carboxylic acids is 1. The molecule has 0 saturated carbocycles. The van der Waals surface area contributed by atoms with Gasteiger partial charge in [0.2, 0.25) is 0 Å². The lowest BCUT2D eigenvalue weighted by Gasteiger charge is -2.11. The molecule has 2 aromatic carbocycles. The van der Waals surface area contributed by atoms with Gasteiger partial charge in [-0.3, -0.25) is 4.79 Å². The smallest absolute Gasteiger partial charge is 0.307 e. The average molecular weight is 270 g/mol. The van der Waals surface area contributed by atoms with Gasteiger partial charge in [-0.15, -0.1) is 0 Å². The molecule has 0 amide bonds. The van der Waals surface area contributed by atoms with Crippen molar-refractivity contribution in [2.75, 3.05) is 5.32 Å². The Balaban J connectivity index is 2.27. The highest BCUT2D eigenvalue weighted by atomic mass is 19.1. The van der Waals surface area contributed by atoms with Gasteiger partial charge in [0.25, 0.3) is 0 Å². The van der Waals surface area contributed by atoms with Crippen LogP contribution in [0.25, 0.3) is 0 Å². The lowest BCUT2D eigenvalue weighted by molar-refractivity contribution is -0.136. The first-order valence-corrected chi connectivity index (χ1v) is 5.86. The topological polar surface area (TPSA) is 73.1 Å². The summed E-state index contributed by atoms with van der Waals surface area (Å²) in [7, 11) is 0. The highest BCUT2D eigenvalue weighted by Gasteiger charge is 2.08. The van der Waals surface area contributed by atoms with E-state index in [1.165, 1.54) is 18.2 Å². The number of aliphatic carboxylic acids is 1. The summed E-state index contributed by atoms with van der Waals surface area (Å²) in [6, 6.07) is 12.6. The Hall–Kier alpha value is -2.87. The van der Waals surface area contributed by atoms with Crippen molar-refractivity contribution in [3.05, 3.63) is 59.4 Å². The number of hydrogen-bond donors (Lipinski definition) is 2. The van der Waals surface area contributed by atoms with E-state index in [0.717, 1.165) is 0 Å². The molecule has 0 bridgehead atoms. The highest BCUT2D eigenvalue weighted by Crippen LogP contribution is 2.22. The van der Waals surface area contributed by atoms with E-state index < -0.39 is 11.8 Å². The van der Waals surface area contributed by atoms with E-state index in [1.807, 2.05) is 6.07 Å². The molecule has 0 spiro atoms. The lowest BCUT2D eigenvalue weighted by atomic mass is 10.1. The number of benzene rings is 2. The zero-order valence-electron chi connectivity index (χ0n) is 10.4. The molecule has 4 nitrogen and oxygen atoms in total. The molecule has 0 aliphatic heterocycles. The molecule has 2 aromatic rings. The first-order chi connectivity index (χ1) is 9.58. The minimum Gasteiger partial charge on any atom is -0.481 e. The highest BCUT2D eigenvalue weighted by molar-refractivity contribution is 5.75. The molecule has 0 radical (unpaired) electrons. The minimum atomic E-state index is -1.03. The van der Waals surface area contributed by atoms with E-state index in [0.29, 0.717) is 22.5 Å². The summed E-state index contributed by atoms with van der Waals surface area (Å²) in [6.07, 6.45) is -0.267. The Kier molecular flexibility index (Phi) is 3.96. The van der Waals surface area contributed by atoms with Gasteiger partial charge in [-0.05, 0) is 48.0 Å². The molecule has 0 atom stereocenters. The summed E-state index contributed by atoms with van der Waals surface area (Å²) in [5.74, 6) is -1.51. The van der Waals surface area contributed by atoms with Crippen LogP contribution in [0.4, 0.5) is 15.8 Å². The van der Waals surface area contributed by atoms with Gasteiger partial charge in [-0.25, -0.2) is 4.39 Å². The molecule has 20 heavy (non-hydrogen) atoms. The number of carboxylic acid groups (broad SMARTS) is 1. The molecule has 0 aliphatic rings. The number of carbonyl (C=O) groups is 1. The monoisotopic (exact) mass is 270 g/mol. The second-order valence-electron chi connectivity index (χ2n) is 4.19. The third kappa shape index (κ3) is 3.33. The summed E-state index contributed by atoms with van der Waals surface area (Å²) < 4.78 is 13.2. The Morgan fingerprint density at radius 1 is 1.25 bits per heavy atom. The van der Waals surface area contributed by atoms with E-state index >= 15 is 0 Å². The van der Waals surface area contributed by atoms with Crippen molar-refractivity contribution in [2.45, 2.75) is 6.42 Å². The van der Waals surface area contributed by atoms with Crippen molar-refractivity contribution < 1.29 is 14.3 Å². The third-order valence-corrected chi connectivity index (χ3v) is 2.70. The van der Waals surface area contributed by atoms with Crippen LogP contribution in [-0.2, 0) is 11.2 Å². The first-order valence-electron chi connectivity index (χ1n) is 5.86. The van der Waals surface area contributed by atoms with Gasteiger partial charge in [-0.1, -0.05) is 0 Å². The number of nitriles is 1. The fourth-order valence-electron chi connectivity index (χ4n) is 1.78. The molecule has 0 fully saturated rings. The fourth-order valence-corrected chi connectivity index (χ4v) is 1.78. The van der Waals surface area contributed by atoms with Crippen LogP contribution < -0.4 is 5.32 Å². The summed E-state index contributed by atoms with van der Waals surface area (Å²) in [5, 5.41) is 20.6. The van der Waals surface area contributed by atoms with Gasteiger partial charge in [0, 0.05) is 11.4 Å². The summed E-state index contributed by atoms with van der Waals surface area (Å²) in [6.45, 7) is 0. The number of nitrogens with one attached hydrogen (secondary N) is 1. The van der Waals surface area contributed by atoms with Gasteiger partial charge in [0.15, 0.2) is 0 Å². The minimum absolute atomic E-state index is 0.267. The van der Waals surface area contributed by atoms with E-state index in [4.69, 9.17) is 10.4 Å². The van der Waals surface area contributed by atoms with Crippen molar-refractivity contribution in [3.63, 3.8) is 0 Å². The molecular formula is C15H11FN2O2. The van der Waals surface area contributed by atoms with Crippen LogP contribution in [-0.4, -0.2) is 11.1 Å². The van der Waals surface area contributed by atoms with E-state index in [2.05, 4.69) is 5.32 Å². The van der Waals surface area contributed by atoms with Gasteiger partial charge in [0.1, 0.15) is 5.82 Å². The van der Waals surface area contributed by atoms with Crippen molar-refractivity contribution in [1.29, 1.82) is 5.26 Å². The van der Waals surface area contributed by atoms with E-state index in [1.54, 1.807) is 24.3 Å². The first kappa shape index (κ1) is 13.6. The molecule has 0 aromatic heterocycles.